The van der Waals surface area contributed by atoms with Gasteiger partial charge in [0, 0.05) is 25.0 Å². The largest absolute Gasteiger partial charge is 0.352 e. The number of benzene rings is 1. The van der Waals surface area contributed by atoms with Crippen molar-refractivity contribution in [2.45, 2.75) is 45.2 Å². The van der Waals surface area contributed by atoms with Crippen molar-refractivity contribution >= 4 is 5.95 Å². The second-order valence-corrected chi connectivity index (χ2v) is 5.38. The molecule has 1 aromatic carbocycles. The minimum absolute atomic E-state index is 0.641. The molecule has 0 amide bonds. The third-order valence-corrected chi connectivity index (χ3v) is 4.08. The van der Waals surface area contributed by atoms with E-state index in [0.29, 0.717) is 6.04 Å². The van der Waals surface area contributed by atoms with E-state index in [-0.39, 0.29) is 0 Å². The number of anilines is 1. The van der Waals surface area contributed by atoms with Crippen LogP contribution in [0.5, 0.6) is 0 Å². The van der Waals surface area contributed by atoms with Crippen LogP contribution in [0.1, 0.15) is 42.9 Å². The van der Waals surface area contributed by atoms with Crippen molar-refractivity contribution in [1.82, 2.24) is 9.55 Å². The summed E-state index contributed by atoms with van der Waals surface area (Å²) in [6.45, 7) is 3.00. The van der Waals surface area contributed by atoms with Gasteiger partial charge in [-0.1, -0.05) is 37.1 Å². The standard InChI is InChI=1S/C16H21N3/c1-13-6-2-3-7-14(13)12-18-16-17-10-11-19(16)15-8-4-5-9-15/h2-3,6-7,10-11,15H,4-5,8-9,12H2,1H3,(H,17,18). The zero-order chi connectivity index (χ0) is 13.1. The van der Waals surface area contributed by atoms with Crippen LogP contribution in [0.3, 0.4) is 0 Å². The van der Waals surface area contributed by atoms with Crippen molar-refractivity contribution in [3.63, 3.8) is 0 Å². The quantitative estimate of drug-likeness (QED) is 0.897. The lowest BCUT2D eigenvalue weighted by Gasteiger charge is -2.16. The summed E-state index contributed by atoms with van der Waals surface area (Å²) in [5.41, 5.74) is 2.66. The summed E-state index contributed by atoms with van der Waals surface area (Å²) in [6.07, 6.45) is 9.28. The van der Waals surface area contributed by atoms with Gasteiger partial charge in [-0.05, 0) is 30.9 Å². The highest BCUT2D eigenvalue weighted by molar-refractivity contribution is 5.33. The van der Waals surface area contributed by atoms with Crippen LogP contribution in [0.25, 0.3) is 0 Å². The number of hydrogen-bond acceptors (Lipinski definition) is 2. The molecule has 0 aliphatic heterocycles. The van der Waals surface area contributed by atoms with Crippen LogP contribution in [0.2, 0.25) is 0 Å². The molecule has 1 saturated carbocycles. The number of nitrogens with one attached hydrogen (secondary N) is 1. The molecule has 0 saturated heterocycles. The number of nitrogens with zero attached hydrogens (tertiary/aromatic N) is 2. The summed E-state index contributed by atoms with van der Waals surface area (Å²) in [7, 11) is 0. The van der Waals surface area contributed by atoms with E-state index < -0.39 is 0 Å². The molecule has 1 fully saturated rings. The van der Waals surface area contributed by atoms with Gasteiger partial charge >= 0.3 is 0 Å². The number of aromatic nitrogens is 2. The molecule has 1 heterocycles. The summed E-state index contributed by atoms with van der Waals surface area (Å²) in [6, 6.07) is 9.14. The molecule has 3 rings (SSSR count). The van der Waals surface area contributed by atoms with Crippen LogP contribution in [-0.4, -0.2) is 9.55 Å². The number of rotatable bonds is 4. The van der Waals surface area contributed by atoms with E-state index in [1.807, 2.05) is 6.20 Å². The van der Waals surface area contributed by atoms with E-state index in [9.17, 15) is 0 Å². The molecule has 2 aromatic rings. The van der Waals surface area contributed by atoms with Crippen LogP contribution in [-0.2, 0) is 6.54 Å². The van der Waals surface area contributed by atoms with Crippen molar-refractivity contribution < 1.29 is 0 Å². The topological polar surface area (TPSA) is 29.9 Å². The molecule has 19 heavy (non-hydrogen) atoms. The summed E-state index contributed by atoms with van der Waals surface area (Å²) >= 11 is 0. The third-order valence-electron chi connectivity index (χ3n) is 4.08. The zero-order valence-electron chi connectivity index (χ0n) is 11.5. The minimum Gasteiger partial charge on any atom is -0.352 e. The van der Waals surface area contributed by atoms with Crippen LogP contribution in [0.15, 0.2) is 36.7 Å². The Morgan fingerprint density at radius 3 is 2.84 bits per heavy atom. The van der Waals surface area contributed by atoms with E-state index in [4.69, 9.17) is 0 Å². The average Bonchev–Trinajstić information content (AvgIpc) is 3.08. The monoisotopic (exact) mass is 255 g/mol. The molecule has 0 radical (unpaired) electrons. The molecular formula is C16H21N3. The van der Waals surface area contributed by atoms with Crippen molar-refractivity contribution in [3.8, 4) is 0 Å². The van der Waals surface area contributed by atoms with Crippen molar-refractivity contribution in [1.29, 1.82) is 0 Å². The Morgan fingerprint density at radius 2 is 2.05 bits per heavy atom. The molecule has 1 aliphatic carbocycles. The Bertz CT molecular complexity index is 538. The van der Waals surface area contributed by atoms with E-state index in [2.05, 4.69) is 52.3 Å². The maximum atomic E-state index is 4.46. The maximum Gasteiger partial charge on any atom is 0.203 e. The molecule has 1 aromatic heterocycles. The molecule has 0 atom stereocenters. The van der Waals surface area contributed by atoms with Gasteiger partial charge in [-0.3, -0.25) is 0 Å². The second-order valence-electron chi connectivity index (χ2n) is 5.38. The highest BCUT2D eigenvalue weighted by atomic mass is 15.2. The molecule has 3 heteroatoms. The van der Waals surface area contributed by atoms with Gasteiger partial charge in [0.15, 0.2) is 0 Å². The van der Waals surface area contributed by atoms with E-state index in [1.54, 1.807) is 0 Å². The molecule has 1 aliphatic rings. The van der Waals surface area contributed by atoms with Gasteiger partial charge in [0.2, 0.25) is 5.95 Å². The van der Waals surface area contributed by atoms with Gasteiger partial charge in [0.05, 0.1) is 0 Å². The SMILES string of the molecule is Cc1ccccc1CNc1nccn1C1CCCC1. The molecule has 0 unspecified atom stereocenters. The van der Waals surface area contributed by atoms with E-state index in [0.717, 1.165) is 12.5 Å². The van der Waals surface area contributed by atoms with Gasteiger partial charge in [0.25, 0.3) is 0 Å². The third kappa shape index (κ3) is 2.65. The van der Waals surface area contributed by atoms with Crippen LogP contribution in [0.4, 0.5) is 5.95 Å². The van der Waals surface area contributed by atoms with Gasteiger partial charge in [-0.25, -0.2) is 4.98 Å². The molecule has 0 spiro atoms. The molecule has 100 valence electrons. The molecule has 0 bridgehead atoms. The first kappa shape index (κ1) is 12.3. The van der Waals surface area contributed by atoms with Crippen LogP contribution in [0, 0.1) is 6.92 Å². The predicted molar refractivity (Wildman–Crippen MR) is 78.2 cm³/mol. The Hall–Kier alpha value is -1.77. The number of hydrogen-bond donors (Lipinski definition) is 1. The lowest BCUT2D eigenvalue weighted by Crippen LogP contribution is -2.11. The van der Waals surface area contributed by atoms with E-state index in [1.165, 1.54) is 36.8 Å². The fraction of sp³-hybridized carbons (Fsp3) is 0.438. The first-order valence-electron chi connectivity index (χ1n) is 7.16. The Kier molecular flexibility index (Phi) is 3.53. The normalized spacial score (nSPS) is 15.8. The summed E-state index contributed by atoms with van der Waals surface area (Å²) in [4.78, 5) is 4.46. The summed E-state index contributed by atoms with van der Waals surface area (Å²) in [5, 5.41) is 3.48. The molecular weight excluding hydrogens is 234 g/mol. The molecule has 1 N–H and O–H groups in total. The summed E-state index contributed by atoms with van der Waals surface area (Å²) in [5.74, 6) is 1.01. The van der Waals surface area contributed by atoms with E-state index >= 15 is 0 Å². The smallest absolute Gasteiger partial charge is 0.203 e. The van der Waals surface area contributed by atoms with Crippen LogP contribution < -0.4 is 5.32 Å². The minimum atomic E-state index is 0.641. The van der Waals surface area contributed by atoms with Gasteiger partial charge in [-0.2, -0.15) is 0 Å². The predicted octanol–water partition coefficient (Wildman–Crippen LogP) is 3.92. The summed E-state index contributed by atoms with van der Waals surface area (Å²) < 4.78 is 2.31. The van der Waals surface area contributed by atoms with Gasteiger partial charge in [0.1, 0.15) is 0 Å². The highest BCUT2D eigenvalue weighted by Gasteiger charge is 2.18. The molecule has 3 nitrogen and oxygen atoms in total. The number of imidazole rings is 1. The fourth-order valence-corrected chi connectivity index (χ4v) is 2.91. The first-order valence-corrected chi connectivity index (χ1v) is 7.16. The Labute approximate surface area is 114 Å². The maximum absolute atomic E-state index is 4.46. The lowest BCUT2D eigenvalue weighted by atomic mass is 10.1. The van der Waals surface area contributed by atoms with Gasteiger partial charge in [-0.15, -0.1) is 0 Å². The van der Waals surface area contributed by atoms with Crippen molar-refractivity contribution in [2.75, 3.05) is 5.32 Å². The second kappa shape index (κ2) is 5.47. The van der Waals surface area contributed by atoms with Crippen molar-refractivity contribution in [2.24, 2.45) is 0 Å². The lowest BCUT2D eigenvalue weighted by molar-refractivity contribution is 0.523. The first-order chi connectivity index (χ1) is 9.34. The van der Waals surface area contributed by atoms with Gasteiger partial charge < -0.3 is 9.88 Å². The zero-order valence-corrected chi connectivity index (χ0v) is 11.5. The van der Waals surface area contributed by atoms with Crippen molar-refractivity contribution in [3.05, 3.63) is 47.8 Å². The number of aryl methyl sites for hydroxylation is 1. The average molecular weight is 255 g/mol. The fourth-order valence-electron chi connectivity index (χ4n) is 2.91. The highest BCUT2D eigenvalue weighted by Crippen LogP contribution is 2.31. The van der Waals surface area contributed by atoms with Crippen LogP contribution >= 0.6 is 0 Å². The Balaban J connectivity index is 1.70. The Morgan fingerprint density at radius 1 is 1.26 bits per heavy atom.